The number of aryl methyl sites for hydroxylation is 1. The molecule has 4 nitrogen and oxygen atoms in total. The second-order valence-corrected chi connectivity index (χ2v) is 7.77. The summed E-state index contributed by atoms with van der Waals surface area (Å²) in [5.41, 5.74) is 11.0. The van der Waals surface area contributed by atoms with Crippen LogP contribution in [0.25, 0.3) is 10.5 Å². The van der Waals surface area contributed by atoms with Crippen LogP contribution in [0.2, 0.25) is 0 Å². The van der Waals surface area contributed by atoms with Crippen LogP contribution >= 0.6 is 9.69 Å². The van der Waals surface area contributed by atoms with E-state index in [-0.39, 0.29) is 4.90 Å². The second-order valence-electron chi connectivity index (χ2n) is 6.14. The van der Waals surface area contributed by atoms with Crippen LogP contribution in [0.3, 0.4) is 0 Å². The van der Waals surface area contributed by atoms with Gasteiger partial charge in [-0.15, -0.1) is 12.1 Å². The molecule has 0 radical (unpaired) electrons. The molecule has 2 atom stereocenters. The molecular formula is C21H20ClN2O2RuS. The van der Waals surface area contributed by atoms with Gasteiger partial charge in [0, 0.05) is 4.90 Å². The molecule has 3 rings (SSSR count). The fourth-order valence-corrected chi connectivity index (χ4v) is 3.87. The zero-order valence-electron chi connectivity index (χ0n) is 15.1. The topological polar surface area (TPSA) is 72.0 Å². The van der Waals surface area contributed by atoms with Gasteiger partial charge >= 0.3 is 27.0 Å². The minimum absolute atomic E-state index is 0.143. The second kappa shape index (κ2) is 10.8. The van der Waals surface area contributed by atoms with Gasteiger partial charge in [-0.05, 0) is 19.1 Å². The fourth-order valence-electron chi connectivity index (χ4n) is 2.73. The molecule has 0 saturated heterocycles. The Balaban J connectivity index is 0.00000136. The molecule has 147 valence electrons. The van der Waals surface area contributed by atoms with Crippen molar-refractivity contribution >= 4 is 19.7 Å². The van der Waals surface area contributed by atoms with Crippen molar-refractivity contribution in [2.75, 3.05) is 0 Å². The van der Waals surface area contributed by atoms with Crippen LogP contribution in [0.5, 0.6) is 0 Å². The van der Waals surface area contributed by atoms with Crippen LogP contribution in [0.15, 0.2) is 89.8 Å². The van der Waals surface area contributed by atoms with Gasteiger partial charge in [-0.25, -0.2) is 8.42 Å². The molecule has 0 heterocycles. The van der Waals surface area contributed by atoms with Crippen LogP contribution in [-0.2, 0) is 27.3 Å². The molecule has 0 aliphatic heterocycles. The summed E-state index contributed by atoms with van der Waals surface area (Å²) in [6.07, 6.45) is 0. The molecule has 0 aliphatic carbocycles. The van der Waals surface area contributed by atoms with Crippen LogP contribution in [0.4, 0.5) is 0 Å². The average Bonchev–Trinajstić information content (AvgIpc) is 2.74. The molecule has 0 bridgehead atoms. The molecule has 3 aromatic carbocycles. The standard InChI is InChI=1S/C21H20N2O2S.ClH.Ru/c1-16-12-14-19(15-13-16)26(24,25)23-21(18-10-6-3-7-11-18)20(22)17-8-4-2-5-9-17;;/h2-15,20-22H,1H3;1H;/q-2;;+3/p-1/t20-,21-;;/m1../s1. The molecule has 3 aromatic rings. The van der Waals surface area contributed by atoms with Crippen LogP contribution < -0.4 is 0 Å². The van der Waals surface area contributed by atoms with E-state index in [4.69, 9.17) is 5.73 Å². The third-order valence-corrected chi connectivity index (χ3v) is 5.56. The third kappa shape index (κ3) is 5.97. The number of hydrogen-bond acceptors (Lipinski definition) is 2. The van der Waals surface area contributed by atoms with Crippen molar-refractivity contribution in [3.8, 4) is 0 Å². The predicted molar refractivity (Wildman–Crippen MR) is 110 cm³/mol. The summed E-state index contributed by atoms with van der Waals surface area (Å²) in [4.78, 5) is 0.143. The Bertz CT molecular complexity index is 953. The van der Waals surface area contributed by atoms with Gasteiger partial charge in [-0.2, -0.15) is 0 Å². The number of halogens is 1. The Hall–Kier alpha value is -1.56. The molecule has 28 heavy (non-hydrogen) atoms. The van der Waals surface area contributed by atoms with E-state index < -0.39 is 22.1 Å². The summed E-state index contributed by atoms with van der Waals surface area (Å²) in [5.74, 6) is 0. The van der Waals surface area contributed by atoms with Gasteiger partial charge in [0.25, 0.3) is 0 Å². The summed E-state index contributed by atoms with van der Waals surface area (Å²) in [5, 5.41) is 0. The number of hydrogen-bond donors (Lipinski definition) is 0. The molecule has 0 aliphatic rings. The van der Waals surface area contributed by atoms with E-state index in [1.54, 1.807) is 24.3 Å². The maximum absolute atomic E-state index is 12.8. The summed E-state index contributed by atoms with van der Waals surface area (Å²) < 4.78 is 29.8. The first kappa shape index (κ1) is 22.7. The van der Waals surface area contributed by atoms with Gasteiger partial charge in [-0.3, -0.25) is 0 Å². The van der Waals surface area contributed by atoms with Gasteiger partial charge in [-0.1, -0.05) is 89.5 Å². The number of sulfonamides is 1. The summed E-state index contributed by atoms with van der Waals surface area (Å²) in [6.45, 7) is 1.90. The van der Waals surface area contributed by atoms with Crippen molar-refractivity contribution in [1.29, 1.82) is 0 Å². The van der Waals surface area contributed by atoms with Crippen molar-refractivity contribution in [3.63, 3.8) is 0 Å². The first-order valence-electron chi connectivity index (χ1n) is 8.45. The van der Waals surface area contributed by atoms with E-state index in [1.807, 2.05) is 84.9 Å². The van der Waals surface area contributed by atoms with Crippen molar-refractivity contribution in [2.24, 2.45) is 0 Å². The van der Waals surface area contributed by atoms with E-state index >= 15 is 0 Å². The normalized spacial score (nSPS) is 13.1. The third-order valence-electron chi connectivity index (χ3n) is 4.19. The summed E-state index contributed by atoms with van der Waals surface area (Å²) in [7, 11) is 0.696. The molecular weight excluding hydrogens is 481 g/mol. The van der Waals surface area contributed by atoms with E-state index in [0.29, 0.717) is 5.56 Å². The molecule has 0 aromatic heterocycles. The molecule has 0 unspecified atom stereocenters. The Morgan fingerprint density at radius 2 is 1.29 bits per heavy atom. The molecule has 1 N–H and O–H groups in total. The number of rotatable bonds is 6. The van der Waals surface area contributed by atoms with E-state index in [9.17, 15) is 8.42 Å². The van der Waals surface area contributed by atoms with Crippen molar-refractivity contribution in [1.82, 2.24) is 0 Å². The first-order chi connectivity index (χ1) is 13.5. The Morgan fingerprint density at radius 3 is 1.79 bits per heavy atom. The molecule has 0 amide bonds. The van der Waals surface area contributed by atoms with Gasteiger partial charge < -0.3 is 10.5 Å². The molecule has 0 fully saturated rings. The zero-order chi connectivity index (χ0) is 20.6. The fraction of sp³-hybridized carbons (Fsp3) is 0.143. The Kier molecular flexibility index (Phi) is 8.80. The van der Waals surface area contributed by atoms with Crippen molar-refractivity contribution in [3.05, 3.63) is 112 Å². The number of nitrogens with one attached hydrogen (secondary N) is 1. The summed E-state index contributed by atoms with van der Waals surface area (Å²) >= 11 is 1.82. The SMILES string of the molecule is Cc1ccc(S(=O)(=O)[N-][C@H](c2ccccc2)[C@H]([NH-])c2ccccc2)cc1.[Cl][Ru+2]. The quantitative estimate of drug-likeness (QED) is 0.374. The molecule has 7 heteroatoms. The van der Waals surface area contributed by atoms with Crippen molar-refractivity contribution in [2.45, 2.75) is 23.9 Å². The van der Waals surface area contributed by atoms with Crippen LogP contribution in [-0.4, -0.2) is 8.42 Å². The van der Waals surface area contributed by atoms with E-state index in [2.05, 4.69) is 14.4 Å². The van der Waals surface area contributed by atoms with Crippen molar-refractivity contribution < 1.29 is 25.7 Å². The molecule has 0 spiro atoms. The monoisotopic (exact) mass is 501 g/mol. The van der Waals surface area contributed by atoms with Gasteiger partial charge in [0.05, 0.1) is 0 Å². The van der Waals surface area contributed by atoms with E-state index in [0.717, 1.165) is 11.1 Å². The van der Waals surface area contributed by atoms with E-state index in [1.165, 1.54) is 0 Å². The molecule has 0 saturated carbocycles. The predicted octanol–water partition coefficient (Wildman–Crippen LogP) is 6.28. The Morgan fingerprint density at radius 1 is 0.821 bits per heavy atom. The maximum atomic E-state index is 12.8. The van der Waals surface area contributed by atoms with Gasteiger partial charge in [0.15, 0.2) is 0 Å². The zero-order valence-corrected chi connectivity index (χ0v) is 18.5. The number of nitrogens with zero attached hydrogens (tertiary/aromatic N) is 1. The Labute approximate surface area is 180 Å². The van der Waals surface area contributed by atoms with Crippen LogP contribution in [0.1, 0.15) is 28.8 Å². The average molecular weight is 501 g/mol. The first-order valence-corrected chi connectivity index (χ1v) is 12.1. The van der Waals surface area contributed by atoms with Gasteiger partial charge in [0.1, 0.15) is 10.0 Å². The number of benzene rings is 3. The minimum atomic E-state index is -3.87. The van der Waals surface area contributed by atoms with Crippen LogP contribution in [0, 0.1) is 6.92 Å². The van der Waals surface area contributed by atoms with Gasteiger partial charge in [0.2, 0.25) is 0 Å². The summed E-state index contributed by atoms with van der Waals surface area (Å²) in [6, 6.07) is 23.3.